The predicted molar refractivity (Wildman–Crippen MR) is 122 cm³/mol. The third-order valence-electron chi connectivity index (χ3n) is 5.12. The monoisotopic (exact) mass is 457 g/mol. The van der Waals surface area contributed by atoms with Crippen LogP contribution in [-0.2, 0) is 0 Å². The van der Waals surface area contributed by atoms with Crippen molar-refractivity contribution in [3.63, 3.8) is 0 Å². The van der Waals surface area contributed by atoms with E-state index in [9.17, 15) is 4.79 Å². The molecule has 0 aliphatic carbocycles. The summed E-state index contributed by atoms with van der Waals surface area (Å²) in [4.78, 5) is 20.8. The van der Waals surface area contributed by atoms with Gasteiger partial charge in [0.15, 0.2) is 11.5 Å². The van der Waals surface area contributed by atoms with Crippen LogP contribution in [-0.4, -0.2) is 48.3 Å². The lowest BCUT2D eigenvalue weighted by Crippen LogP contribution is -2.46. The van der Waals surface area contributed by atoms with Gasteiger partial charge in [0.05, 0.1) is 35.8 Å². The maximum Gasteiger partial charge on any atom is 0.333 e. The Morgan fingerprint density at radius 3 is 2.50 bits per heavy atom. The van der Waals surface area contributed by atoms with Gasteiger partial charge in [0.2, 0.25) is 5.88 Å². The lowest BCUT2D eigenvalue weighted by molar-refractivity contribution is 0.162. The highest BCUT2D eigenvalue weighted by atomic mass is 35.5. The summed E-state index contributed by atoms with van der Waals surface area (Å²) in [7, 11) is 3.12. The minimum Gasteiger partial charge on any atom is -0.493 e. The summed E-state index contributed by atoms with van der Waals surface area (Å²) in [5.41, 5.74) is 3.97. The van der Waals surface area contributed by atoms with E-state index in [0.717, 1.165) is 25.9 Å². The molecule has 0 radical (unpaired) electrons. The van der Waals surface area contributed by atoms with E-state index >= 15 is 0 Å². The quantitative estimate of drug-likeness (QED) is 0.557. The number of urea groups is 1. The fraction of sp³-hybridized carbons (Fsp3) is 0.318. The van der Waals surface area contributed by atoms with Crippen LogP contribution in [0.3, 0.4) is 0 Å². The number of ether oxygens (including phenoxy) is 3. The Hall–Kier alpha value is -3.30. The summed E-state index contributed by atoms with van der Waals surface area (Å²) in [5.74, 6) is 1.91. The van der Waals surface area contributed by atoms with E-state index in [-0.39, 0.29) is 6.03 Å². The third kappa shape index (κ3) is 4.95. The highest BCUT2D eigenvalue weighted by Gasteiger charge is 2.15. The van der Waals surface area contributed by atoms with E-state index in [1.807, 2.05) is 5.01 Å². The van der Waals surface area contributed by atoms with Gasteiger partial charge in [-0.15, -0.1) is 0 Å². The molecule has 2 amide bonds. The standard InChI is InChI=1S/C22H24ClN5O4/c1-30-19-11-15-18(12-20(19)31-2)24-13-25-21(15)32-14-6-7-17(16(23)10-14)26-22(29)27-28-8-4-3-5-9-28/h6-7,10-13H,3-5,8-9H2,1-2H3,(H2,26,27,29). The number of halogens is 1. The Morgan fingerprint density at radius 1 is 1.03 bits per heavy atom. The summed E-state index contributed by atoms with van der Waals surface area (Å²) in [6, 6.07) is 8.19. The molecule has 32 heavy (non-hydrogen) atoms. The molecule has 2 heterocycles. The molecule has 1 saturated heterocycles. The molecule has 168 valence electrons. The van der Waals surface area contributed by atoms with Gasteiger partial charge in [0.25, 0.3) is 0 Å². The van der Waals surface area contributed by atoms with Crippen molar-refractivity contribution in [3.8, 4) is 23.1 Å². The Balaban J connectivity index is 1.50. The van der Waals surface area contributed by atoms with Crippen LogP contribution in [0.2, 0.25) is 5.02 Å². The van der Waals surface area contributed by atoms with Crippen molar-refractivity contribution >= 4 is 34.2 Å². The predicted octanol–water partition coefficient (Wildman–Crippen LogP) is 4.62. The molecule has 0 bridgehead atoms. The molecule has 9 nitrogen and oxygen atoms in total. The number of piperidine rings is 1. The third-order valence-corrected chi connectivity index (χ3v) is 5.44. The Labute approximate surface area is 190 Å². The Morgan fingerprint density at radius 2 is 1.78 bits per heavy atom. The van der Waals surface area contributed by atoms with Crippen LogP contribution >= 0.6 is 11.6 Å². The highest BCUT2D eigenvalue weighted by Crippen LogP contribution is 2.36. The van der Waals surface area contributed by atoms with E-state index in [2.05, 4.69) is 20.7 Å². The topological polar surface area (TPSA) is 97.8 Å². The van der Waals surface area contributed by atoms with Crippen molar-refractivity contribution in [1.29, 1.82) is 0 Å². The number of carbonyl (C=O) groups excluding carboxylic acids is 1. The second kappa shape index (κ2) is 9.88. The van der Waals surface area contributed by atoms with E-state index in [4.69, 9.17) is 25.8 Å². The molecule has 1 aliphatic heterocycles. The van der Waals surface area contributed by atoms with E-state index in [1.165, 1.54) is 12.7 Å². The van der Waals surface area contributed by atoms with Gasteiger partial charge in [-0.1, -0.05) is 18.0 Å². The normalized spacial score (nSPS) is 14.1. The van der Waals surface area contributed by atoms with Crippen molar-refractivity contribution in [2.75, 3.05) is 32.6 Å². The second-order valence-electron chi connectivity index (χ2n) is 7.26. The van der Waals surface area contributed by atoms with Gasteiger partial charge in [-0.3, -0.25) is 5.43 Å². The zero-order chi connectivity index (χ0) is 22.5. The number of hydrogen-bond donors (Lipinski definition) is 2. The summed E-state index contributed by atoms with van der Waals surface area (Å²) in [6.07, 6.45) is 4.74. The number of anilines is 1. The minimum atomic E-state index is -0.328. The van der Waals surface area contributed by atoms with Crippen molar-refractivity contribution in [2.24, 2.45) is 0 Å². The largest absolute Gasteiger partial charge is 0.493 e. The van der Waals surface area contributed by atoms with Gasteiger partial charge in [0.1, 0.15) is 12.1 Å². The zero-order valence-corrected chi connectivity index (χ0v) is 18.6. The fourth-order valence-electron chi connectivity index (χ4n) is 3.51. The first-order valence-electron chi connectivity index (χ1n) is 10.2. The maximum atomic E-state index is 12.3. The van der Waals surface area contributed by atoms with E-state index < -0.39 is 0 Å². The lowest BCUT2D eigenvalue weighted by atomic mass is 10.2. The van der Waals surface area contributed by atoms with Crippen LogP contribution in [0.25, 0.3) is 10.9 Å². The molecule has 3 aromatic rings. The molecule has 2 aromatic carbocycles. The molecule has 0 atom stereocenters. The molecule has 0 spiro atoms. The average Bonchev–Trinajstić information content (AvgIpc) is 2.80. The first-order valence-corrected chi connectivity index (χ1v) is 10.6. The minimum absolute atomic E-state index is 0.328. The van der Waals surface area contributed by atoms with Gasteiger partial charge in [0, 0.05) is 25.2 Å². The number of amides is 2. The van der Waals surface area contributed by atoms with Gasteiger partial charge < -0.3 is 19.5 Å². The number of carbonyl (C=O) groups is 1. The fourth-order valence-corrected chi connectivity index (χ4v) is 3.73. The second-order valence-corrected chi connectivity index (χ2v) is 7.67. The maximum absolute atomic E-state index is 12.3. The number of benzene rings is 2. The summed E-state index contributed by atoms with van der Waals surface area (Å²) in [6.45, 7) is 1.69. The number of fused-ring (bicyclic) bond motifs is 1. The van der Waals surface area contributed by atoms with Gasteiger partial charge in [-0.25, -0.2) is 19.8 Å². The van der Waals surface area contributed by atoms with Gasteiger partial charge in [-0.2, -0.15) is 0 Å². The molecule has 1 aromatic heterocycles. The van der Waals surface area contributed by atoms with Crippen LogP contribution in [0.1, 0.15) is 19.3 Å². The first-order chi connectivity index (χ1) is 15.6. The Bertz CT molecular complexity index is 1120. The molecular formula is C22H24ClN5O4. The van der Waals surface area contributed by atoms with Crippen LogP contribution in [0.15, 0.2) is 36.7 Å². The number of rotatable bonds is 6. The molecule has 2 N–H and O–H groups in total. The summed E-state index contributed by atoms with van der Waals surface area (Å²) < 4.78 is 16.7. The molecule has 1 fully saturated rings. The zero-order valence-electron chi connectivity index (χ0n) is 17.9. The highest BCUT2D eigenvalue weighted by molar-refractivity contribution is 6.33. The van der Waals surface area contributed by atoms with Crippen molar-refractivity contribution < 1.29 is 19.0 Å². The summed E-state index contributed by atoms with van der Waals surface area (Å²) in [5, 5.41) is 5.68. The van der Waals surface area contributed by atoms with E-state index in [1.54, 1.807) is 44.6 Å². The van der Waals surface area contributed by atoms with Crippen molar-refractivity contribution in [1.82, 2.24) is 20.4 Å². The van der Waals surface area contributed by atoms with Gasteiger partial charge >= 0.3 is 6.03 Å². The van der Waals surface area contributed by atoms with Crippen LogP contribution in [0.4, 0.5) is 10.5 Å². The number of nitrogens with one attached hydrogen (secondary N) is 2. The van der Waals surface area contributed by atoms with Crippen LogP contribution < -0.4 is 25.0 Å². The number of hydrogen-bond acceptors (Lipinski definition) is 7. The van der Waals surface area contributed by atoms with Crippen LogP contribution in [0, 0.1) is 0 Å². The van der Waals surface area contributed by atoms with E-state index in [0.29, 0.717) is 44.7 Å². The number of methoxy groups -OCH3 is 2. The molecule has 4 rings (SSSR count). The lowest BCUT2D eigenvalue weighted by Gasteiger charge is -2.26. The molecular weight excluding hydrogens is 434 g/mol. The molecule has 0 unspecified atom stereocenters. The molecule has 1 aliphatic rings. The summed E-state index contributed by atoms with van der Waals surface area (Å²) >= 11 is 6.38. The van der Waals surface area contributed by atoms with Crippen LogP contribution in [0.5, 0.6) is 23.1 Å². The number of hydrazine groups is 1. The molecule has 10 heteroatoms. The Kier molecular flexibility index (Phi) is 6.77. The smallest absolute Gasteiger partial charge is 0.333 e. The average molecular weight is 458 g/mol. The number of nitrogens with zero attached hydrogens (tertiary/aromatic N) is 3. The van der Waals surface area contributed by atoms with Gasteiger partial charge in [-0.05, 0) is 31.0 Å². The number of aromatic nitrogens is 2. The van der Waals surface area contributed by atoms with Crippen molar-refractivity contribution in [2.45, 2.75) is 19.3 Å². The van der Waals surface area contributed by atoms with Crippen molar-refractivity contribution in [3.05, 3.63) is 41.7 Å². The molecule has 0 saturated carbocycles. The SMILES string of the molecule is COc1cc2ncnc(Oc3ccc(NC(=O)NN4CCCCC4)c(Cl)c3)c2cc1OC. The first kappa shape index (κ1) is 21.9.